The van der Waals surface area contributed by atoms with E-state index in [2.05, 4.69) is 10.3 Å². The first kappa shape index (κ1) is 19.1. The highest BCUT2D eigenvalue weighted by molar-refractivity contribution is 5.85. The number of aryl methyl sites for hydroxylation is 2. The zero-order valence-electron chi connectivity index (χ0n) is 13.6. The Morgan fingerprint density at radius 3 is 2.74 bits per heavy atom. The molecule has 2 aromatic rings. The summed E-state index contributed by atoms with van der Waals surface area (Å²) in [7, 11) is 0. The summed E-state index contributed by atoms with van der Waals surface area (Å²) in [5.41, 5.74) is 6.91. The largest absolute Gasteiger partial charge is 0.354 e. The molecule has 126 valence electrons. The molecule has 3 N–H and O–H groups in total. The highest BCUT2D eigenvalue weighted by Crippen LogP contribution is 2.11. The van der Waals surface area contributed by atoms with Crippen molar-refractivity contribution >= 4 is 29.2 Å². The first-order valence-electron chi connectivity index (χ1n) is 7.28. The van der Waals surface area contributed by atoms with Gasteiger partial charge in [-0.3, -0.25) is 14.2 Å². The molecule has 2 rings (SSSR count). The van der Waals surface area contributed by atoms with Gasteiger partial charge in [0, 0.05) is 25.0 Å². The normalized spacial score (nSPS) is 11.1. The van der Waals surface area contributed by atoms with Crippen LogP contribution in [0.25, 0.3) is 10.9 Å². The number of hydrogen-bond acceptors (Lipinski definition) is 4. The second-order valence-corrected chi connectivity index (χ2v) is 6.23. The number of rotatable bonds is 5. The van der Waals surface area contributed by atoms with Gasteiger partial charge in [0.05, 0.1) is 17.2 Å². The fourth-order valence-corrected chi connectivity index (χ4v) is 2.13. The van der Waals surface area contributed by atoms with Gasteiger partial charge in [-0.2, -0.15) is 0 Å². The Hall–Kier alpha value is -1.92. The van der Waals surface area contributed by atoms with E-state index in [4.69, 9.17) is 5.73 Å². The van der Waals surface area contributed by atoms with Crippen molar-refractivity contribution in [2.24, 2.45) is 5.73 Å². The van der Waals surface area contributed by atoms with Crippen LogP contribution >= 0.6 is 12.4 Å². The van der Waals surface area contributed by atoms with Crippen molar-refractivity contribution in [3.63, 3.8) is 0 Å². The molecule has 0 unspecified atom stereocenters. The molecule has 0 aliphatic carbocycles. The van der Waals surface area contributed by atoms with Crippen LogP contribution in [0.1, 0.15) is 25.8 Å². The van der Waals surface area contributed by atoms with Crippen LogP contribution in [0.15, 0.2) is 29.3 Å². The number of nitrogens with one attached hydrogen (secondary N) is 1. The number of nitrogens with zero attached hydrogens (tertiary/aromatic N) is 2. The number of aromatic nitrogens is 2. The minimum Gasteiger partial charge on any atom is -0.354 e. The van der Waals surface area contributed by atoms with Gasteiger partial charge >= 0.3 is 0 Å². The van der Waals surface area contributed by atoms with E-state index >= 15 is 0 Å². The quantitative estimate of drug-likeness (QED) is 0.861. The molecule has 0 aliphatic heterocycles. The number of carbonyl (C=O) groups is 1. The number of amides is 1. The van der Waals surface area contributed by atoms with E-state index in [1.54, 1.807) is 6.07 Å². The molecule has 0 spiro atoms. The van der Waals surface area contributed by atoms with E-state index in [1.165, 1.54) is 10.9 Å². The van der Waals surface area contributed by atoms with Crippen molar-refractivity contribution in [3.8, 4) is 0 Å². The van der Waals surface area contributed by atoms with Gasteiger partial charge in [-0.15, -0.1) is 12.4 Å². The van der Waals surface area contributed by atoms with E-state index in [-0.39, 0.29) is 30.3 Å². The highest BCUT2D eigenvalue weighted by Gasteiger charge is 2.12. The van der Waals surface area contributed by atoms with E-state index < -0.39 is 5.54 Å². The predicted molar refractivity (Wildman–Crippen MR) is 93.9 cm³/mol. The number of carbonyl (C=O) groups excluding carboxylic acids is 1. The van der Waals surface area contributed by atoms with Crippen LogP contribution in [-0.2, 0) is 11.3 Å². The number of fused-ring (bicyclic) bond motifs is 1. The maximum absolute atomic E-state index is 12.4. The zero-order chi connectivity index (χ0) is 16.3. The van der Waals surface area contributed by atoms with Crippen molar-refractivity contribution < 1.29 is 4.79 Å². The van der Waals surface area contributed by atoms with Crippen LogP contribution in [0.3, 0.4) is 0 Å². The summed E-state index contributed by atoms with van der Waals surface area (Å²) in [5, 5.41) is 3.33. The smallest absolute Gasteiger partial charge is 0.261 e. The molecule has 0 atom stereocenters. The molecule has 0 saturated carbocycles. The van der Waals surface area contributed by atoms with Crippen molar-refractivity contribution in [1.82, 2.24) is 14.9 Å². The Kier molecular flexibility index (Phi) is 6.29. The van der Waals surface area contributed by atoms with Crippen LogP contribution in [0.5, 0.6) is 0 Å². The summed E-state index contributed by atoms with van der Waals surface area (Å²) in [4.78, 5) is 28.5. The average Bonchev–Trinajstić information content (AvgIpc) is 2.44. The van der Waals surface area contributed by atoms with Crippen LogP contribution in [-0.4, -0.2) is 27.5 Å². The Bertz CT molecular complexity index is 750. The van der Waals surface area contributed by atoms with Gasteiger partial charge in [-0.05, 0) is 32.4 Å². The summed E-state index contributed by atoms with van der Waals surface area (Å²) in [6.07, 6.45) is 1.72. The maximum atomic E-state index is 12.4. The topological polar surface area (TPSA) is 90.0 Å². The summed E-state index contributed by atoms with van der Waals surface area (Å²) in [6.45, 7) is 6.30. The Labute approximate surface area is 141 Å². The standard InChI is InChI=1S/C16H22N4O2.ClH/c1-11-5-4-6-12-14(11)19-10-20(15(12)22)8-7-13(21)18-9-16(2,3)17;/h4-6,10H,7-9,17H2,1-3H3,(H,18,21);1H. The number of benzene rings is 1. The molecule has 0 fully saturated rings. The minimum absolute atomic E-state index is 0. The maximum Gasteiger partial charge on any atom is 0.261 e. The number of para-hydroxylation sites is 1. The van der Waals surface area contributed by atoms with Gasteiger partial charge in [-0.25, -0.2) is 4.98 Å². The molecule has 6 nitrogen and oxygen atoms in total. The monoisotopic (exact) mass is 338 g/mol. The average molecular weight is 339 g/mol. The lowest BCUT2D eigenvalue weighted by atomic mass is 10.1. The first-order chi connectivity index (χ1) is 10.3. The van der Waals surface area contributed by atoms with Crippen molar-refractivity contribution in [1.29, 1.82) is 0 Å². The SMILES string of the molecule is Cc1cccc2c(=O)n(CCC(=O)NCC(C)(C)N)cnc12.Cl. The molecule has 1 amide bonds. The van der Waals surface area contributed by atoms with E-state index in [0.29, 0.717) is 24.0 Å². The first-order valence-corrected chi connectivity index (χ1v) is 7.28. The molecular weight excluding hydrogens is 316 g/mol. The molecule has 7 heteroatoms. The van der Waals surface area contributed by atoms with E-state index in [9.17, 15) is 9.59 Å². The second-order valence-electron chi connectivity index (χ2n) is 6.23. The van der Waals surface area contributed by atoms with Crippen molar-refractivity contribution in [3.05, 3.63) is 40.4 Å². The third kappa shape index (κ3) is 5.04. The fourth-order valence-electron chi connectivity index (χ4n) is 2.13. The van der Waals surface area contributed by atoms with Gasteiger partial charge in [0.1, 0.15) is 0 Å². The van der Waals surface area contributed by atoms with Gasteiger partial charge in [-0.1, -0.05) is 12.1 Å². The molecule has 0 aliphatic rings. The Morgan fingerprint density at radius 1 is 1.39 bits per heavy atom. The minimum atomic E-state index is -0.450. The second kappa shape index (κ2) is 7.57. The van der Waals surface area contributed by atoms with Crippen LogP contribution in [0, 0.1) is 6.92 Å². The summed E-state index contributed by atoms with van der Waals surface area (Å²) in [6, 6.07) is 5.51. The Morgan fingerprint density at radius 2 is 2.09 bits per heavy atom. The molecule has 1 aromatic carbocycles. The number of nitrogens with two attached hydrogens (primary N) is 1. The van der Waals surface area contributed by atoms with Crippen LogP contribution < -0.4 is 16.6 Å². The lowest BCUT2D eigenvalue weighted by Crippen LogP contribution is -2.45. The van der Waals surface area contributed by atoms with Crippen LogP contribution in [0.2, 0.25) is 0 Å². The third-order valence-corrected chi connectivity index (χ3v) is 3.38. The highest BCUT2D eigenvalue weighted by atomic mass is 35.5. The lowest BCUT2D eigenvalue weighted by Gasteiger charge is -2.18. The number of halogens is 1. The Balaban J connectivity index is 0.00000264. The molecule has 23 heavy (non-hydrogen) atoms. The molecule has 0 radical (unpaired) electrons. The van der Waals surface area contributed by atoms with Crippen molar-refractivity contribution in [2.75, 3.05) is 6.54 Å². The summed E-state index contributed by atoms with van der Waals surface area (Å²) < 4.78 is 1.47. The molecular formula is C16H23ClN4O2. The molecule has 1 aromatic heterocycles. The molecule has 1 heterocycles. The fraction of sp³-hybridized carbons (Fsp3) is 0.438. The molecule has 0 bridgehead atoms. The number of hydrogen-bond donors (Lipinski definition) is 2. The van der Waals surface area contributed by atoms with E-state index in [1.807, 2.05) is 32.9 Å². The lowest BCUT2D eigenvalue weighted by molar-refractivity contribution is -0.121. The molecule has 0 saturated heterocycles. The third-order valence-electron chi connectivity index (χ3n) is 3.38. The summed E-state index contributed by atoms with van der Waals surface area (Å²) >= 11 is 0. The van der Waals surface area contributed by atoms with Gasteiger partial charge in [0.15, 0.2) is 0 Å². The summed E-state index contributed by atoms with van der Waals surface area (Å²) in [5.74, 6) is -0.130. The van der Waals surface area contributed by atoms with Crippen molar-refractivity contribution in [2.45, 2.75) is 39.3 Å². The zero-order valence-corrected chi connectivity index (χ0v) is 14.4. The van der Waals surface area contributed by atoms with E-state index in [0.717, 1.165) is 5.56 Å². The van der Waals surface area contributed by atoms with Gasteiger partial charge in [0.25, 0.3) is 5.56 Å². The van der Waals surface area contributed by atoms with Crippen LogP contribution in [0.4, 0.5) is 0 Å². The van der Waals surface area contributed by atoms with Gasteiger partial charge < -0.3 is 11.1 Å². The van der Waals surface area contributed by atoms with Gasteiger partial charge in [0.2, 0.25) is 5.91 Å². The predicted octanol–water partition coefficient (Wildman–Crippen LogP) is 1.37.